The fourth-order valence-corrected chi connectivity index (χ4v) is 5.49. The number of rotatable bonds is 4. The summed E-state index contributed by atoms with van der Waals surface area (Å²) in [6.45, 7) is 3.87. The second-order valence-corrected chi connectivity index (χ2v) is 9.13. The Morgan fingerprint density at radius 1 is 1.21 bits per heavy atom. The van der Waals surface area contributed by atoms with Crippen molar-refractivity contribution in [2.75, 3.05) is 37.3 Å². The summed E-state index contributed by atoms with van der Waals surface area (Å²) in [6, 6.07) is 6.95. The lowest BCUT2D eigenvalue weighted by atomic mass is 10.0. The average Bonchev–Trinajstić information content (AvgIpc) is 3.26. The number of primary amides is 1. The second-order valence-electron chi connectivity index (χ2n) is 7.58. The maximum Gasteiger partial charge on any atom is 0.324 e. The summed E-state index contributed by atoms with van der Waals surface area (Å²) in [5.41, 5.74) is 7.70. The number of thiophene rings is 1. The van der Waals surface area contributed by atoms with Gasteiger partial charge in [-0.15, -0.1) is 11.3 Å². The zero-order chi connectivity index (χ0) is 20.5. The van der Waals surface area contributed by atoms with E-state index in [9.17, 15) is 9.59 Å². The molecule has 9 heteroatoms. The van der Waals surface area contributed by atoms with Crippen molar-refractivity contribution in [3.8, 4) is 0 Å². The molecule has 2 aliphatic heterocycles. The van der Waals surface area contributed by atoms with Gasteiger partial charge in [-0.1, -0.05) is 11.6 Å². The molecule has 3 heterocycles. The zero-order valence-corrected chi connectivity index (χ0v) is 17.8. The Morgan fingerprint density at radius 2 is 1.97 bits per heavy atom. The van der Waals surface area contributed by atoms with Crippen LogP contribution >= 0.6 is 22.9 Å². The van der Waals surface area contributed by atoms with Gasteiger partial charge in [0.05, 0.1) is 5.56 Å². The summed E-state index contributed by atoms with van der Waals surface area (Å²) in [5.74, 6) is -0.502. The van der Waals surface area contributed by atoms with Crippen molar-refractivity contribution in [3.05, 3.63) is 45.3 Å². The molecule has 1 unspecified atom stereocenters. The van der Waals surface area contributed by atoms with E-state index in [-0.39, 0.29) is 0 Å². The minimum Gasteiger partial charge on any atom is -0.365 e. The number of nitrogens with one attached hydrogen (secondary N) is 2. The highest BCUT2D eigenvalue weighted by molar-refractivity contribution is 7.17. The molecule has 0 saturated carbocycles. The Labute approximate surface area is 178 Å². The lowest BCUT2D eigenvalue weighted by Gasteiger charge is -2.32. The van der Waals surface area contributed by atoms with E-state index in [1.807, 2.05) is 0 Å². The first-order valence-electron chi connectivity index (χ1n) is 9.61. The number of carbonyl (C=O) groups excluding carboxylic acids is 2. The fourth-order valence-electron chi connectivity index (χ4n) is 4.09. The lowest BCUT2D eigenvalue weighted by molar-refractivity contribution is 0.0999. The Bertz CT molecular complexity index is 930. The average molecular weight is 434 g/mol. The van der Waals surface area contributed by atoms with Crippen LogP contribution in [0.15, 0.2) is 24.3 Å². The first-order chi connectivity index (χ1) is 13.9. The molecule has 29 heavy (non-hydrogen) atoms. The first-order valence-corrected chi connectivity index (χ1v) is 10.8. The Kier molecular flexibility index (Phi) is 5.78. The summed E-state index contributed by atoms with van der Waals surface area (Å²) in [5, 5.41) is 6.67. The molecule has 1 atom stereocenters. The van der Waals surface area contributed by atoms with Crippen molar-refractivity contribution in [2.24, 2.45) is 5.73 Å². The van der Waals surface area contributed by atoms with Gasteiger partial charge in [-0.25, -0.2) is 4.79 Å². The topological polar surface area (TPSA) is 90.7 Å². The van der Waals surface area contributed by atoms with Gasteiger partial charge in [-0.2, -0.15) is 0 Å². The molecule has 1 aromatic heterocycles. The second kappa shape index (κ2) is 8.31. The Balaban J connectivity index is 1.50. The minimum absolute atomic E-state index is 0.414. The lowest BCUT2D eigenvalue weighted by Crippen LogP contribution is -2.40. The summed E-state index contributed by atoms with van der Waals surface area (Å²) < 4.78 is 0. The molecule has 0 spiro atoms. The van der Waals surface area contributed by atoms with E-state index in [0.717, 1.165) is 49.5 Å². The number of urea groups is 1. The molecular weight excluding hydrogens is 410 g/mol. The number of halogens is 1. The predicted octanol–water partition coefficient (Wildman–Crippen LogP) is 3.21. The number of nitrogens with zero attached hydrogens (tertiary/aromatic N) is 2. The Morgan fingerprint density at radius 3 is 2.62 bits per heavy atom. The molecule has 4 N–H and O–H groups in total. The highest BCUT2D eigenvalue weighted by Gasteiger charge is 2.32. The normalized spacial score (nSPS) is 19.7. The van der Waals surface area contributed by atoms with Crippen LogP contribution in [0.2, 0.25) is 5.02 Å². The van der Waals surface area contributed by atoms with Crippen LogP contribution in [-0.2, 0) is 13.0 Å². The fraction of sp³-hybridized carbons (Fsp3) is 0.400. The third kappa shape index (κ3) is 4.40. The van der Waals surface area contributed by atoms with Crippen molar-refractivity contribution < 1.29 is 9.59 Å². The number of likely N-dealkylation sites (N-methyl/N-ethyl adjacent to an activating group) is 1. The maximum atomic E-state index is 12.4. The summed E-state index contributed by atoms with van der Waals surface area (Å²) in [4.78, 5) is 30.5. The molecule has 2 aromatic rings. The Hall–Kier alpha value is -2.13. The van der Waals surface area contributed by atoms with Crippen LogP contribution in [0, 0.1) is 0 Å². The van der Waals surface area contributed by atoms with Gasteiger partial charge in [-0.3, -0.25) is 15.0 Å². The largest absolute Gasteiger partial charge is 0.365 e. The van der Waals surface area contributed by atoms with E-state index in [2.05, 4.69) is 27.5 Å². The van der Waals surface area contributed by atoms with Crippen LogP contribution in [0.5, 0.6) is 0 Å². The van der Waals surface area contributed by atoms with E-state index in [4.69, 9.17) is 17.3 Å². The van der Waals surface area contributed by atoms with Gasteiger partial charge >= 0.3 is 6.03 Å². The van der Waals surface area contributed by atoms with Crippen molar-refractivity contribution in [1.82, 2.24) is 9.80 Å². The van der Waals surface area contributed by atoms with E-state index >= 15 is 0 Å². The minimum atomic E-state index is -0.502. The van der Waals surface area contributed by atoms with Crippen molar-refractivity contribution in [2.45, 2.75) is 25.4 Å². The molecule has 4 rings (SSSR count). The molecule has 0 aliphatic carbocycles. The molecule has 1 fully saturated rings. The zero-order valence-electron chi connectivity index (χ0n) is 16.2. The van der Waals surface area contributed by atoms with Crippen molar-refractivity contribution in [1.29, 1.82) is 0 Å². The number of carbonyl (C=O) groups is 2. The van der Waals surface area contributed by atoms with Gasteiger partial charge in [0, 0.05) is 41.3 Å². The smallest absolute Gasteiger partial charge is 0.324 e. The van der Waals surface area contributed by atoms with E-state index < -0.39 is 11.9 Å². The molecular formula is C20H24ClN5O2S. The number of anilines is 2. The number of amides is 3. The van der Waals surface area contributed by atoms with Gasteiger partial charge < -0.3 is 16.0 Å². The van der Waals surface area contributed by atoms with Crippen molar-refractivity contribution >= 4 is 45.6 Å². The van der Waals surface area contributed by atoms with Gasteiger partial charge in [0.2, 0.25) is 0 Å². The summed E-state index contributed by atoms with van der Waals surface area (Å²) >= 11 is 7.32. The molecule has 154 valence electrons. The first kappa shape index (κ1) is 20.2. The van der Waals surface area contributed by atoms with E-state index in [0.29, 0.717) is 27.3 Å². The van der Waals surface area contributed by atoms with Crippen LogP contribution in [0.3, 0.4) is 0 Å². The van der Waals surface area contributed by atoms with Gasteiger partial charge in [-0.05, 0) is 56.3 Å². The molecule has 2 aliphatic rings. The molecule has 1 saturated heterocycles. The van der Waals surface area contributed by atoms with Crippen molar-refractivity contribution in [3.63, 3.8) is 0 Å². The highest BCUT2D eigenvalue weighted by Crippen LogP contribution is 2.38. The summed E-state index contributed by atoms with van der Waals surface area (Å²) in [7, 11) is 2.15. The van der Waals surface area contributed by atoms with Crippen LogP contribution in [0.25, 0.3) is 0 Å². The number of hydrogen-bond donors (Lipinski definition) is 3. The summed E-state index contributed by atoms with van der Waals surface area (Å²) in [6.07, 6.45) is 1.93. The molecule has 7 nitrogen and oxygen atoms in total. The van der Waals surface area contributed by atoms with Gasteiger partial charge in [0.1, 0.15) is 5.00 Å². The SMILES string of the molecule is CN1CCC(N2CCc3c(sc(NC(=O)Nc4ccc(Cl)cc4)c3C(N)=O)C2)C1. The number of benzene rings is 1. The molecule has 3 amide bonds. The van der Waals surface area contributed by atoms with Crippen LogP contribution in [0.4, 0.5) is 15.5 Å². The third-order valence-corrected chi connectivity index (χ3v) is 6.93. The third-order valence-electron chi connectivity index (χ3n) is 5.54. The number of likely N-dealkylation sites (tertiary alicyclic amines) is 1. The van der Waals surface area contributed by atoms with Gasteiger partial charge in [0.15, 0.2) is 0 Å². The molecule has 0 radical (unpaired) electrons. The van der Waals surface area contributed by atoms with Gasteiger partial charge in [0.25, 0.3) is 5.91 Å². The number of fused-ring (bicyclic) bond motifs is 1. The van der Waals surface area contributed by atoms with E-state index in [1.165, 1.54) is 11.3 Å². The molecule has 0 bridgehead atoms. The van der Waals surface area contributed by atoms with Crippen LogP contribution < -0.4 is 16.4 Å². The van der Waals surface area contributed by atoms with Crippen LogP contribution in [-0.4, -0.2) is 54.5 Å². The highest BCUT2D eigenvalue weighted by atomic mass is 35.5. The van der Waals surface area contributed by atoms with E-state index in [1.54, 1.807) is 24.3 Å². The monoisotopic (exact) mass is 433 g/mol. The maximum absolute atomic E-state index is 12.4. The standard InChI is InChI=1S/C20H24ClN5O2S/c1-25-8-6-14(10-25)26-9-7-15-16(11-26)29-19(17(15)18(22)27)24-20(28)23-13-4-2-12(21)3-5-13/h2-5,14H,6-11H2,1H3,(H2,22,27)(H2,23,24,28). The molecule has 1 aromatic carbocycles. The predicted molar refractivity (Wildman–Crippen MR) is 117 cm³/mol. The number of hydrogen-bond acceptors (Lipinski definition) is 5. The quantitative estimate of drug-likeness (QED) is 0.690. The van der Waals surface area contributed by atoms with Crippen LogP contribution in [0.1, 0.15) is 27.2 Å². The number of nitrogens with two attached hydrogens (primary N) is 1.